The highest BCUT2D eigenvalue weighted by Crippen LogP contribution is 2.34. The Morgan fingerprint density at radius 1 is 1.03 bits per heavy atom. The largest absolute Gasteiger partial charge is 0.486 e. The van der Waals surface area contributed by atoms with E-state index in [1.54, 1.807) is 12.4 Å². The summed E-state index contributed by atoms with van der Waals surface area (Å²) in [6.07, 6.45) is 6.39. The summed E-state index contributed by atoms with van der Waals surface area (Å²) in [7, 11) is 0. The van der Waals surface area contributed by atoms with Crippen LogP contribution in [0.1, 0.15) is 18.6 Å². The van der Waals surface area contributed by atoms with Gasteiger partial charge in [-0.25, -0.2) is 9.97 Å². The Balaban J connectivity index is 1.41. The Hall–Kier alpha value is -2.94. The van der Waals surface area contributed by atoms with Crippen molar-refractivity contribution in [2.75, 3.05) is 31.1 Å². The van der Waals surface area contributed by atoms with Crippen LogP contribution in [-0.2, 0) is 0 Å². The number of pyridine rings is 1. The Labute approximate surface area is 194 Å². The Kier molecular flexibility index (Phi) is 5.82. The third-order valence-electron chi connectivity index (χ3n) is 5.46. The lowest BCUT2D eigenvalue weighted by Crippen LogP contribution is -2.44. The molecule has 164 valence electrons. The van der Waals surface area contributed by atoms with Gasteiger partial charge >= 0.3 is 0 Å². The van der Waals surface area contributed by atoms with Crippen LogP contribution in [0.15, 0.2) is 43.0 Å². The summed E-state index contributed by atoms with van der Waals surface area (Å²) < 4.78 is 6.15. The molecule has 0 aliphatic carbocycles. The number of rotatable bonds is 5. The fourth-order valence-electron chi connectivity index (χ4n) is 3.83. The van der Waals surface area contributed by atoms with Gasteiger partial charge in [0.05, 0.1) is 15.6 Å². The summed E-state index contributed by atoms with van der Waals surface area (Å²) in [4.78, 5) is 15.3. The van der Waals surface area contributed by atoms with Crippen LogP contribution in [0.5, 0.6) is 5.75 Å². The molecule has 0 radical (unpaired) electrons. The van der Waals surface area contributed by atoms with E-state index in [2.05, 4.69) is 35.4 Å². The quantitative estimate of drug-likeness (QED) is 0.450. The summed E-state index contributed by atoms with van der Waals surface area (Å²) in [5.41, 5.74) is 3.20. The molecular weight excluding hydrogens is 449 g/mol. The molecule has 0 amide bonds. The zero-order valence-electron chi connectivity index (χ0n) is 17.3. The number of fused-ring (bicyclic) bond motifs is 1. The van der Waals surface area contributed by atoms with Crippen molar-refractivity contribution in [3.63, 3.8) is 0 Å². The third kappa shape index (κ3) is 4.09. The van der Waals surface area contributed by atoms with Crippen LogP contribution in [-0.4, -0.2) is 51.3 Å². The van der Waals surface area contributed by atoms with Crippen molar-refractivity contribution < 1.29 is 4.74 Å². The average Bonchev–Trinajstić information content (AvgIpc) is 3.23. The predicted molar refractivity (Wildman–Crippen MR) is 126 cm³/mol. The van der Waals surface area contributed by atoms with E-state index in [1.165, 1.54) is 0 Å². The minimum absolute atomic E-state index is 0.354. The van der Waals surface area contributed by atoms with E-state index in [4.69, 9.17) is 27.9 Å². The van der Waals surface area contributed by atoms with E-state index >= 15 is 0 Å². The fraction of sp³-hybridized carbons (Fsp3) is 0.273. The van der Waals surface area contributed by atoms with Crippen molar-refractivity contribution in [2.45, 2.75) is 13.0 Å². The molecule has 4 heterocycles. The van der Waals surface area contributed by atoms with E-state index in [1.807, 2.05) is 37.5 Å². The number of benzene rings is 1. The number of halogens is 2. The number of nitrogens with zero attached hydrogens (tertiary/aromatic N) is 5. The average molecular weight is 470 g/mol. The van der Waals surface area contributed by atoms with Crippen molar-refractivity contribution in [2.24, 2.45) is 0 Å². The lowest BCUT2D eigenvalue weighted by atomic mass is 10.1. The zero-order chi connectivity index (χ0) is 22.1. The van der Waals surface area contributed by atoms with Gasteiger partial charge < -0.3 is 15.0 Å². The number of nitrogens with one attached hydrogen (secondary N) is 2. The van der Waals surface area contributed by atoms with Gasteiger partial charge in [0.25, 0.3) is 0 Å². The normalized spacial score (nSPS) is 15.2. The van der Waals surface area contributed by atoms with Crippen LogP contribution in [0.25, 0.3) is 22.2 Å². The van der Waals surface area contributed by atoms with Gasteiger partial charge in [0.2, 0.25) is 5.95 Å². The molecule has 1 fully saturated rings. The van der Waals surface area contributed by atoms with Crippen molar-refractivity contribution in [3.05, 3.63) is 58.6 Å². The number of anilines is 1. The van der Waals surface area contributed by atoms with Crippen molar-refractivity contribution in [1.82, 2.24) is 30.5 Å². The number of aromatic nitrogens is 5. The highest BCUT2D eigenvalue weighted by Gasteiger charge is 2.18. The molecule has 2 N–H and O–H groups in total. The molecule has 1 aliphatic rings. The molecule has 0 bridgehead atoms. The number of aromatic amines is 1. The fourth-order valence-corrected chi connectivity index (χ4v) is 4.50. The number of ether oxygens (including phenoxy) is 1. The maximum Gasteiger partial charge on any atom is 0.225 e. The molecule has 10 heteroatoms. The van der Waals surface area contributed by atoms with Crippen molar-refractivity contribution >= 4 is 40.1 Å². The van der Waals surface area contributed by atoms with Crippen LogP contribution in [0.2, 0.25) is 10.0 Å². The van der Waals surface area contributed by atoms with Gasteiger partial charge in [-0.15, -0.1) is 0 Å². The molecule has 0 spiro atoms. The highest BCUT2D eigenvalue weighted by atomic mass is 35.5. The number of hydrogen-bond acceptors (Lipinski definition) is 7. The van der Waals surface area contributed by atoms with Gasteiger partial charge in [0.15, 0.2) is 0 Å². The second-order valence-electron chi connectivity index (χ2n) is 7.57. The van der Waals surface area contributed by atoms with E-state index in [-0.39, 0.29) is 6.10 Å². The van der Waals surface area contributed by atoms with Crippen LogP contribution in [0.4, 0.5) is 5.95 Å². The Bertz CT molecular complexity index is 1220. The first kappa shape index (κ1) is 20.9. The zero-order valence-corrected chi connectivity index (χ0v) is 18.9. The SMILES string of the molecule is CC(Oc1ccc2[nH]nc(-c3cnc(N4CCNCC4)nc3)c2c1)c1c(Cl)cncc1Cl. The van der Waals surface area contributed by atoms with Crippen molar-refractivity contribution in [1.29, 1.82) is 0 Å². The molecule has 3 aromatic heterocycles. The van der Waals surface area contributed by atoms with Gasteiger partial charge in [0.1, 0.15) is 17.5 Å². The van der Waals surface area contributed by atoms with Crippen LogP contribution >= 0.6 is 23.2 Å². The van der Waals surface area contributed by atoms with Gasteiger partial charge in [0, 0.05) is 67.5 Å². The Morgan fingerprint density at radius 2 is 1.75 bits per heavy atom. The summed E-state index contributed by atoms with van der Waals surface area (Å²) in [5.74, 6) is 1.41. The molecule has 1 unspecified atom stereocenters. The first-order valence-corrected chi connectivity index (χ1v) is 11.1. The van der Waals surface area contributed by atoms with Gasteiger partial charge in [-0.1, -0.05) is 23.2 Å². The second-order valence-corrected chi connectivity index (χ2v) is 8.38. The number of piperazine rings is 1. The van der Waals surface area contributed by atoms with Crippen LogP contribution < -0.4 is 15.0 Å². The molecular formula is C22H21Cl2N7O. The van der Waals surface area contributed by atoms with E-state index in [0.29, 0.717) is 21.4 Å². The molecule has 4 aromatic rings. The molecule has 8 nitrogen and oxygen atoms in total. The number of H-pyrrole nitrogens is 1. The minimum atomic E-state index is -0.354. The maximum absolute atomic E-state index is 6.28. The number of hydrogen-bond donors (Lipinski definition) is 2. The Morgan fingerprint density at radius 3 is 2.47 bits per heavy atom. The van der Waals surface area contributed by atoms with E-state index in [9.17, 15) is 0 Å². The predicted octanol–water partition coefficient (Wildman–Crippen LogP) is 4.27. The molecule has 1 saturated heterocycles. The topological polar surface area (TPSA) is 91.8 Å². The van der Waals surface area contributed by atoms with Gasteiger partial charge in [-0.3, -0.25) is 10.1 Å². The standard InChI is InChI=1S/C22H21Cl2N7O/c1-13(20-17(23)11-26-12-18(20)24)32-15-2-3-19-16(8-15)21(30-29-19)14-9-27-22(28-10-14)31-6-4-25-5-7-31/h2-3,8-13,25H,4-7H2,1H3,(H,29,30). The monoisotopic (exact) mass is 469 g/mol. The smallest absolute Gasteiger partial charge is 0.225 e. The lowest BCUT2D eigenvalue weighted by molar-refractivity contribution is 0.227. The van der Waals surface area contributed by atoms with Crippen LogP contribution in [0.3, 0.4) is 0 Å². The molecule has 0 saturated carbocycles. The lowest BCUT2D eigenvalue weighted by Gasteiger charge is -2.27. The molecule has 5 rings (SSSR count). The van der Waals surface area contributed by atoms with Crippen molar-refractivity contribution in [3.8, 4) is 17.0 Å². The van der Waals surface area contributed by atoms with Gasteiger partial charge in [-0.05, 0) is 25.1 Å². The molecule has 1 atom stereocenters. The summed E-state index contributed by atoms with van der Waals surface area (Å²) in [6, 6.07) is 5.76. The molecule has 1 aliphatic heterocycles. The second kappa shape index (κ2) is 8.90. The van der Waals surface area contributed by atoms with E-state index < -0.39 is 0 Å². The van der Waals surface area contributed by atoms with Gasteiger partial charge in [-0.2, -0.15) is 5.10 Å². The minimum Gasteiger partial charge on any atom is -0.486 e. The summed E-state index contributed by atoms with van der Waals surface area (Å²) >= 11 is 12.6. The molecule has 1 aromatic carbocycles. The third-order valence-corrected chi connectivity index (χ3v) is 6.06. The first-order valence-electron chi connectivity index (χ1n) is 10.3. The highest BCUT2D eigenvalue weighted by molar-refractivity contribution is 6.35. The summed E-state index contributed by atoms with van der Waals surface area (Å²) in [6.45, 7) is 5.57. The maximum atomic E-state index is 6.28. The van der Waals surface area contributed by atoms with E-state index in [0.717, 1.165) is 54.3 Å². The summed E-state index contributed by atoms with van der Waals surface area (Å²) in [5, 5.41) is 12.7. The molecule has 32 heavy (non-hydrogen) atoms. The first-order chi connectivity index (χ1) is 15.6. The van der Waals surface area contributed by atoms with Crippen LogP contribution in [0, 0.1) is 0 Å².